The second kappa shape index (κ2) is 4.13. The van der Waals surface area contributed by atoms with Crippen molar-refractivity contribution in [3.8, 4) is 5.69 Å². The number of nitrogens with two attached hydrogens (primary N) is 1. The highest BCUT2D eigenvalue weighted by Crippen LogP contribution is 2.13. The molecule has 0 bridgehead atoms. The molecule has 3 aromatic rings. The molecule has 0 aliphatic rings. The topological polar surface area (TPSA) is 78.2 Å². The van der Waals surface area contributed by atoms with Crippen LogP contribution in [-0.2, 0) is 0 Å². The monoisotopic (exact) mass is 254 g/mol. The third-order valence-electron chi connectivity index (χ3n) is 2.83. The minimum atomic E-state index is -0.714. The van der Waals surface area contributed by atoms with E-state index in [1.165, 1.54) is 12.1 Å². The molecule has 5 heteroatoms. The first-order valence-corrected chi connectivity index (χ1v) is 5.67. The maximum Gasteiger partial charge on any atom is 0.426 e. The van der Waals surface area contributed by atoms with Crippen LogP contribution in [0.2, 0.25) is 0 Å². The summed E-state index contributed by atoms with van der Waals surface area (Å²) >= 11 is 0. The second-order valence-corrected chi connectivity index (χ2v) is 4.10. The predicted octanol–water partition coefficient (Wildman–Crippen LogP) is 1.53. The van der Waals surface area contributed by atoms with Gasteiger partial charge in [0, 0.05) is 5.69 Å². The number of aromatic nitrogens is 1. The maximum absolute atomic E-state index is 12.3. The molecule has 0 aliphatic heterocycles. The van der Waals surface area contributed by atoms with E-state index in [9.17, 15) is 9.59 Å². The van der Waals surface area contributed by atoms with Crippen LogP contribution in [0.25, 0.3) is 16.7 Å². The molecule has 0 amide bonds. The van der Waals surface area contributed by atoms with Crippen molar-refractivity contribution in [1.82, 2.24) is 4.57 Å². The van der Waals surface area contributed by atoms with Crippen LogP contribution in [0.4, 0.5) is 5.69 Å². The summed E-state index contributed by atoms with van der Waals surface area (Å²) in [5.74, 6) is -0.714. The first kappa shape index (κ1) is 11.3. The quantitative estimate of drug-likeness (QED) is 0.668. The molecule has 0 fully saturated rings. The van der Waals surface area contributed by atoms with Gasteiger partial charge in [-0.05, 0) is 30.3 Å². The molecule has 2 N–H and O–H groups in total. The SMILES string of the molecule is Nc1ccc2oc(=O)n(-c3ccccc3)c(=O)c2c1. The normalized spacial score (nSPS) is 10.7. The summed E-state index contributed by atoms with van der Waals surface area (Å²) in [6.45, 7) is 0. The van der Waals surface area contributed by atoms with Crippen LogP contribution in [0.15, 0.2) is 62.5 Å². The van der Waals surface area contributed by atoms with Gasteiger partial charge in [0.25, 0.3) is 5.56 Å². The van der Waals surface area contributed by atoms with Crippen LogP contribution in [0.3, 0.4) is 0 Å². The fourth-order valence-electron chi connectivity index (χ4n) is 1.95. The van der Waals surface area contributed by atoms with Gasteiger partial charge in [-0.25, -0.2) is 9.36 Å². The van der Waals surface area contributed by atoms with Gasteiger partial charge in [0.2, 0.25) is 0 Å². The molecule has 0 saturated heterocycles. The van der Waals surface area contributed by atoms with Crippen molar-refractivity contribution in [3.63, 3.8) is 0 Å². The molecule has 1 heterocycles. The summed E-state index contributed by atoms with van der Waals surface area (Å²) in [6.07, 6.45) is 0. The van der Waals surface area contributed by atoms with E-state index in [0.717, 1.165) is 4.57 Å². The molecule has 94 valence electrons. The molecule has 2 aromatic carbocycles. The van der Waals surface area contributed by atoms with E-state index in [1.807, 2.05) is 0 Å². The number of nitrogens with zero attached hydrogens (tertiary/aromatic N) is 1. The summed E-state index contributed by atoms with van der Waals surface area (Å²) < 4.78 is 6.12. The highest BCUT2D eigenvalue weighted by molar-refractivity contribution is 5.79. The van der Waals surface area contributed by atoms with Crippen molar-refractivity contribution in [2.45, 2.75) is 0 Å². The molecule has 0 aliphatic carbocycles. The molecular formula is C14H10N2O3. The Morgan fingerprint density at radius 2 is 1.74 bits per heavy atom. The van der Waals surface area contributed by atoms with E-state index in [0.29, 0.717) is 11.4 Å². The fourth-order valence-corrected chi connectivity index (χ4v) is 1.95. The minimum absolute atomic E-state index is 0.233. The van der Waals surface area contributed by atoms with Gasteiger partial charge in [-0.3, -0.25) is 4.79 Å². The standard InChI is InChI=1S/C14H10N2O3/c15-9-6-7-12-11(8-9)13(17)16(14(18)19-12)10-4-2-1-3-5-10/h1-8H,15H2. The number of fused-ring (bicyclic) bond motifs is 1. The number of nitrogen functional groups attached to an aromatic ring is 1. The average Bonchev–Trinajstić information content (AvgIpc) is 2.41. The largest absolute Gasteiger partial charge is 0.426 e. The van der Waals surface area contributed by atoms with Gasteiger partial charge in [0.05, 0.1) is 11.1 Å². The van der Waals surface area contributed by atoms with Crippen LogP contribution in [0.1, 0.15) is 0 Å². The number of benzene rings is 2. The van der Waals surface area contributed by atoms with Gasteiger partial charge in [0.1, 0.15) is 5.58 Å². The van der Waals surface area contributed by atoms with E-state index in [1.54, 1.807) is 36.4 Å². The molecule has 19 heavy (non-hydrogen) atoms. The fraction of sp³-hybridized carbons (Fsp3) is 0. The molecule has 3 rings (SSSR count). The van der Waals surface area contributed by atoms with Crippen LogP contribution >= 0.6 is 0 Å². The first-order valence-electron chi connectivity index (χ1n) is 5.67. The van der Waals surface area contributed by atoms with Crippen LogP contribution in [-0.4, -0.2) is 4.57 Å². The third-order valence-corrected chi connectivity index (χ3v) is 2.83. The van der Waals surface area contributed by atoms with Crippen molar-refractivity contribution in [2.75, 3.05) is 5.73 Å². The highest BCUT2D eigenvalue weighted by atomic mass is 16.4. The summed E-state index contributed by atoms with van der Waals surface area (Å²) in [5, 5.41) is 0.281. The van der Waals surface area contributed by atoms with E-state index >= 15 is 0 Å². The zero-order chi connectivity index (χ0) is 13.4. The molecule has 0 saturated carbocycles. The lowest BCUT2D eigenvalue weighted by Gasteiger charge is -2.05. The Morgan fingerprint density at radius 3 is 2.47 bits per heavy atom. The maximum atomic E-state index is 12.3. The predicted molar refractivity (Wildman–Crippen MR) is 72.5 cm³/mol. The van der Waals surface area contributed by atoms with E-state index in [2.05, 4.69) is 0 Å². The summed E-state index contributed by atoms with van der Waals surface area (Å²) in [6, 6.07) is 13.2. The molecule has 5 nitrogen and oxygen atoms in total. The molecule has 0 atom stereocenters. The Bertz CT molecular complexity index is 863. The zero-order valence-electron chi connectivity index (χ0n) is 9.87. The Hall–Kier alpha value is -2.82. The van der Waals surface area contributed by atoms with E-state index < -0.39 is 11.3 Å². The second-order valence-electron chi connectivity index (χ2n) is 4.10. The zero-order valence-corrected chi connectivity index (χ0v) is 9.87. The number of rotatable bonds is 1. The van der Waals surface area contributed by atoms with Gasteiger partial charge in [-0.2, -0.15) is 0 Å². The molecule has 1 aromatic heterocycles. The van der Waals surface area contributed by atoms with Crippen molar-refractivity contribution in [1.29, 1.82) is 0 Å². The van der Waals surface area contributed by atoms with Gasteiger partial charge < -0.3 is 10.2 Å². The van der Waals surface area contributed by atoms with E-state index in [-0.39, 0.29) is 11.0 Å². The van der Waals surface area contributed by atoms with Crippen LogP contribution in [0.5, 0.6) is 0 Å². The lowest BCUT2D eigenvalue weighted by molar-refractivity contribution is 0.504. The average molecular weight is 254 g/mol. The summed E-state index contributed by atoms with van der Waals surface area (Å²) in [5.41, 5.74) is 6.35. The van der Waals surface area contributed by atoms with Crippen LogP contribution < -0.4 is 17.0 Å². The van der Waals surface area contributed by atoms with Gasteiger partial charge in [-0.15, -0.1) is 0 Å². The Kier molecular flexibility index (Phi) is 2.45. The lowest BCUT2D eigenvalue weighted by atomic mass is 10.2. The van der Waals surface area contributed by atoms with Gasteiger partial charge >= 0.3 is 5.76 Å². The number of hydrogen-bond donors (Lipinski definition) is 1. The van der Waals surface area contributed by atoms with Gasteiger partial charge in [0.15, 0.2) is 0 Å². The first-order chi connectivity index (χ1) is 9.16. The molecule has 0 radical (unpaired) electrons. The summed E-state index contributed by atoms with van der Waals surface area (Å²) in [4.78, 5) is 24.3. The number of anilines is 1. The molecule has 0 spiro atoms. The van der Waals surface area contributed by atoms with Gasteiger partial charge in [-0.1, -0.05) is 18.2 Å². The van der Waals surface area contributed by atoms with Crippen molar-refractivity contribution >= 4 is 16.7 Å². The summed E-state index contributed by atoms with van der Waals surface area (Å²) in [7, 11) is 0. The molecular weight excluding hydrogens is 244 g/mol. The number of hydrogen-bond acceptors (Lipinski definition) is 4. The lowest BCUT2D eigenvalue weighted by Crippen LogP contribution is -2.30. The number of para-hydroxylation sites is 1. The van der Waals surface area contributed by atoms with Crippen LogP contribution in [0, 0.1) is 0 Å². The third kappa shape index (κ3) is 1.81. The Morgan fingerprint density at radius 1 is 1.00 bits per heavy atom. The Balaban J connectivity index is 2.44. The van der Waals surface area contributed by atoms with Crippen molar-refractivity contribution in [3.05, 3.63) is 69.4 Å². The van der Waals surface area contributed by atoms with Crippen molar-refractivity contribution in [2.24, 2.45) is 0 Å². The highest BCUT2D eigenvalue weighted by Gasteiger charge is 2.11. The van der Waals surface area contributed by atoms with E-state index in [4.69, 9.17) is 10.2 Å². The Labute approximate surface area is 107 Å². The van der Waals surface area contributed by atoms with Crippen molar-refractivity contribution < 1.29 is 4.42 Å². The minimum Gasteiger partial charge on any atom is -0.409 e. The smallest absolute Gasteiger partial charge is 0.409 e. The molecule has 0 unspecified atom stereocenters.